The van der Waals surface area contributed by atoms with Crippen LogP contribution in [-0.4, -0.2) is 48.1 Å². The highest BCUT2D eigenvalue weighted by molar-refractivity contribution is 5.84. The molecule has 1 aliphatic rings. The van der Waals surface area contributed by atoms with E-state index in [1.807, 2.05) is 24.8 Å². The Balaban J connectivity index is 1.97. The van der Waals surface area contributed by atoms with Crippen molar-refractivity contribution in [1.82, 2.24) is 9.88 Å². The highest BCUT2D eigenvalue weighted by Crippen LogP contribution is 2.14. The van der Waals surface area contributed by atoms with E-state index in [2.05, 4.69) is 10.3 Å². The van der Waals surface area contributed by atoms with E-state index in [0.717, 1.165) is 5.56 Å². The van der Waals surface area contributed by atoms with Gasteiger partial charge in [0.1, 0.15) is 11.9 Å². The zero-order valence-corrected chi connectivity index (χ0v) is 11.3. The summed E-state index contributed by atoms with van der Waals surface area (Å²) in [4.78, 5) is 18.2. The SMILES string of the molecule is Cc1cc(NC(C)C(=O)N2CCOCC2)ncc1N. The molecule has 2 rings (SSSR count). The predicted octanol–water partition coefficient (Wildman–Crippen LogP) is 0.631. The van der Waals surface area contributed by atoms with E-state index in [9.17, 15) is 4.79 Å². The highest BCUT2D eigenvalue weighted by Gasteiger charge is 2.22. The molecule has 1 fully saturated rings. The van der Waals surface area contributed by atoms with E-state index in [-0.39, 0.29) is 11.9 Å². The van der Waals surface area contributed by atoms with Crippen molar-refractivity contribution in [2.75, 3.05) is 37.4 Å². The van der Waals surface area contributed by atoms with Gasteiger partial charge in [-0.1, -0.05) is 0 Å². The first-order valence-electron chi connectivity index (χ1n) is 6.43. The average Bonchev–Trinajstić information content (AvgIpc) is 2.43. The summed E-state index contributed by atoms with van der Waals surface area (Å²) >= 11 is 0. The topological polar surface area (TPSA) is 80.5 Å². The van der Waals surface area contributed by atoms with Crippen molar-refractivity contribution in [2.24, 2.45) is 0 Å². The molecule has 1 atom stereocenters. The quantitative estimate of drug-likeness (QED) is 0.837. The first kappa shape index (κ1) is 13.6. The van der Waals surface area contributed by atoms with Gasteiger partial charge in [-0.3, -0.25) is 4.79 Å². The normalized spacial score (nSPS) is 17.1. The van der Waals surface area contributed by atoms with Crippen molar-refractivity contribution in [3.05, 3.63) is 17.8 Å². The second-order valence-electron chi connectivity index (χ2n) is 4.73. The first-order valence-corrected chi connectivity index (χ1v) is 6.43. The van der Waals surface area contributed by atoms with Gasteiger partial charge in [0.2, 0.25) is 5.91 Å². The molecule has 6 heteroatoms. The molecule has 0 aromatic carbocycles. The summed E-state index contributed by atoms with van der Waals surface area (Å²) in [6, 6.07) is 1.53. The van der Waals surface area contributed by atoms with Gasteiger partial charge in [-0.2, -0.15) is 0 Å². The predicted molar refractivity (Wildman–Crippen MR) is 73.9 cm³/mol. The number of aromatic nitrogens is 1. The van der Waals surface area contributed by atoms with Crippen LogP contribution in [0.1, 0.15) is 12.5 Å². The summed E-state index contributed by atoms with van der Waals surface area (Å²) in [7, 11) is 0. The fraction of sp³-hybridized carbons (Fsp3) is 0.538. The van der Waals surface area contributed by atoms with Gasteiger partial charge in [-0.15, -0.1) is 0 Å². The van der Waals surface area contributed by atoms with Gasteiger partial charge in [0.05, 0.1) is 25.1 Å². The molecular formula is C13H20N4O2. The molecule has 0 aliphatic carbocycles. The fourth-order valence-electron chi connectivity index (χ4n) is 1.99. The summed E-state index contributed by atoms with van der Waals surface area (Å²) in [5.41, 5.74) is 7.32. The molecule has 2 heterocycles. The Kier molecular flexibility index (Phi) is 4.21. The lowest BCUT2D eigenvalue weighted by atomic mass is 10.2. The number of rotatable bonds is 3. The standard InChI is InChI=1S/C13H20N4O2/c1-9-7-12(15-8-11(9)14)16-10(2)13(18)17-3-5-19-6-4-17/h7-8,10H,3-6,14H2,1-2H3,(H,15,16). The third kappa shape index (κ3) is 3.35. The lowest BCUT2D eigenvalue weighted by Crippen LogP contribution is -2.47. The Labute approximate surface area is 112 Å². The van der Waals surface area contributed by atoms with Crippen LogP contribution in [0.3, 0.4) is 0 Å². The minimum atomic E-state index is -0.311. The lowest BCUT2D eigenvalue weighted by Gasteiger charge is -2.29. The number of amides is 1. The molecule has 3 N–H and O–H groups in total. The minimum absolute atomic E-state index is 0.0691. The van der Waals surface area contributed by atoms with Gasteiger partial charge in [0.25, 0.3) is 0 Å². The summed E-state index contributed by atoms with van der Waals surface area (Å²) in [5.74, 6) is 0.736. The number of anilines is 2. The average molecular weight is 264 g/mol. The number of nitrogen functional groups attached to an aromatic ring is 1. The van der Waals surface area contributed by atoms with Crippen molar-refractivity contribution in [2.45, 2.75) is 19.9 Å². The van der Waals surface area contributed by atoms with Gasteiger partial charge in [-0.25, -0.2) is 4.98 Å². The van der Waals surface area contributed by atoms with Crippen LogP contribution < -0.4 is 11.1 Å². The molecule has 104 valence electrons. The number of nitrogens with zero attached hydrogens (tertiary/aromatic N) is 2. The molecular weight excluding hydrogens is 244 g/mol. The Bertz CT molecular complexity index is 458. The number of nitrogens with two attached hydrogens (primary N) is 1. The Morgan fingerprint density at radius 1 is 1.53 bits per heavy atom. The van der Waals surface area contributed by atoms with Crippen LogP contribution in [0, 0.1) is 6.92 Å². The van der Waals surface area contributed by atoms with Crippen LogP contribution in [0.15, 0.2) is 12.3 Å². The van der Waals surface area contributed by atoms with E-state index in [1.165, 1.54) is 0 Å². The summed E-state index contributed by atoms with van der Waals surface area (Å²) in [6.07, 6.45) is 1.60. The minimum Gasteiger partial charge on any atom is -0.397 e. The second-order valence-corrected chi connectivity index (χ2v) is 4.73. The number of ether oxygens (including phenoxy) is 1. The summed E-state index contributed by atoms with van der Waals surface area (Å²) in [6.45, 7) is 6.27. The number of hydrogen-bond acceptors (Lipinski definition) is 5. The molecule has 19 heavy (non-hydrogen) atoms. The number of nitrogens with one attached hydrogen (secondary N) is 1. The molecule has 0 saturated carbocycles. The highest BCUT2D eigenvalue weighted by atomic mass is 16.5. The molecule has 6 nitrogen and oxygen atoms in total. The second kappa shape index (κ2) is 5.88. The van der Waals surface area contributed by atoms with Crippen LogP contribution in [-0.2, 0) is 9.53 Å². The maximum absolute atomic E-state index is 12.2. The van der Waals surface area contributed by atoms with Crippen molar-refractivity contribution >= 4 is 17.4 Å². The third-order valence-electron chi connectivity index (χ3n) is 3.21. The number of morpholine rings is 1. The molecule has 1 aromatic rings. The van der Waals surface area contributed by atoms with Gasteiger partial charge in [0, 0.05) is 13.1 Å². The smallest absolute Gasteiger partial charge is 0.244 e. The molecule has 1 unspecified atom stereocenters. The van der Waals surface area contributed by atoms with Crippen LogP contribution in [0.25, 0.3) is 0 Å². The number of aryl methyl sites for hydroxylation is 1. The van der Waals surface area contributed by atoms with E-state index in [1.54, 1.807) is 6.20 Å². The lowest BCUT2D eigenvalue weighted by molar-refractivity contribution is -0.135. The number of carbonyl (C=O) groups excluding carboxylic acids is 1. The zero-order valence-electron chi connectivity index (χ0n) is 11.3. The van der Waals surface area contributed by atoms with Crippen LogP contribution in [0.2, 0.25) is 0 Å². The van der Waals surface area contributed by atoms with Crippen molar-refractivity contribution in [3.63, 3.8) is 0 Å². The molecule has 0 spiro atoms. The molecule has 0 bridgehead atoms. The van der Waals surface area contributed by atoms with Gasteiger partial charge in [-0.05, 0) is 25.5 Å². The number of hydrogen-bond donors (Lipinski definition) is 2. The Morgan fingerprint density at radius 3 is 2.84 bits per heavy atom. The van der Waals surface area contributed by atoms with Crippen LogP contribution in [0.5, 0.6) is 0 Å². The van der Waals surface area contributed by atoms with Crippen molar-refractivity contribution < 1.29 is 9.53 Å². The number of pyridine rings is 1. The maximum Gasteiger partial charge on any atom is 0.244 e. The molecule has 1 amide bonds. The van der Waals surface area contributed by atoms with Crippen LogP contribution in [0.4, 0.5) is 11.5 Å². The first-order chi connectivity index (χ1) is 9.08. The number of carbonyl (C=O) groups is 1. The van der Waals surface area contributed by atoms with Crippen LogP contribution >= 0.6 is 0 Å². The summed E-state index contributed by atoms with van der Waals surface area (Å²) < 4.78 is 5.24. The largest absolute Gasteiger partial charge is 0.397 e. The van der Waals surface area contributed by atoms with Gasteiger partial charge < -0.3 is 20.7 Å². The Morgan fingerprint density at radius 2 is 2.21 bits per heavy atom. The van der Waals surface area contributed by atoms with Crippen molar-refractivity contribution in [3.8, 4) is 0 Å². The fourth-order valence-corrected chi connectivity index (χ4v) is 1.99. The van der Waals surface area contributed by atoms with Gasteiger partial charge >= 0.3 is 0 Å². The zero-order chi connectivity index (χ0) is 13.8. The molecule has 1 aromatic heterocycles. The van der Waals surface area contributed by atoms with Gasteiger partial charge in [0.15, 0.2) is 0 Å². The Hall–Kier alpha value is -1.82. The van der Waals surface area contributed by atoms with E-state index >= 15 is 0 Å². The molecule has 1 saturated heterocycles. The van der Waals surface area contributed by atoms with E-state index < -0.39 is 0 Å². The van der Waals surface area contributed by atoms with Crippen molar-refractivity contribution in [1.29, 1.82) is 0 Å². The summed E-state index contributed by atoms with van der Waals surface area (Å²) in [5, 5.41) is 3.11. The molecule has 1 aliphatic heterocycles. The van der Waals surface area contributed by atoms with E-state index in [0.29, 0.717) is 37.8 Å². The molecule has 0 radical (unpaired) electrons. The maximum atomic E-state index is 12.2. The van der Waals surface area contributed by atoms with E-state index in [4.69, 9.17) is 10.5 Å². The third-order valence-corrected chi connectivity index (χ3v) is 3.21. The monoisotopic (exact) mass is 264 g/mol.